The maximum Gasteiger partial charge on any atom is 0.231 e. The molecule has 3 nitrogen and oxygen atoms in total. The molecule has 0 aliphatic carbocycles. The fourth-order valence-corrected chi connectivity index (χ4v) is 2.70. The van der Waals surface area contributed by atoms with Gasteiger partial charge in [-0.15, -0.1) is 0 Å². The van der Waals surface area contributed by atoms with Crippen molar-refractivity contribution in [2.75, 3.05) is 17.2 Å². The van der Waals surface area contributed by atoms with Crippen LogP contribution in [-0.4, -0.2) is 12.5 Å². The summed E-state index contributed by atoms with van der Waals surface area (Å²) in [5.74, 6) is 0.0628. The van der Waals surface area contributed by atoms with Gasteiger partial charge in [-0.25, -0.2) is 0 Å². The van der Waals surface area contributed by atoms with Crippen molar-refractivity contribution in [3.63, 3.8) is 0 Å². The fraction of sp³-hybridized carbons (Fsp3) is 0.235. The lowest BCUT2D eigenvalue weighted by Crippen LogP contribution is -2.33. The fourth-order valence-electron chi connectivity index (χ4n) is 2.25. The number of nitrogens with two attached hydrogens (primary N) is 1. The van der Waals surface area contributed by atoms with E-state index >= 15 is 0 Å². The summed E-state index contributed by atoms with van der Waals surface area (Å²) in [6, 6.07) is 15.3. The number of hydrogen-bond donors (Lipinski definition) is 1. The van der Waals surface area contributed by atoms with Gasteiger partial charge >= 0.3 is 0 Å². The van der Waals surface area contributed by atoms with Crippen LogP contribution in [0.1, 0.15) is 18.9 Å². The third kappa shape index (κ3) is 4.08. The number of carbonyl (C=O) groups is 1. The topological polar surface area (TPSA) is 46.3 Å². The maximum absolute atomic E-state index is 12.6. The van der Waals surface area contributed by atoms with Crippen LogP contribution in [-0.2, 0) is 11.2 Å². The maximum atomic E-state index is 12.6. The first-order valence-corrected chi connectivity index (χ1v) is 7.80. The SMILES string of the molecule is CCCN(C(=O)Cc1cccc(Br)c1)c1ccccc1N. The summed E-state index contributed by atoms with van der Waals surface area (Å²) >= 11 is 3.43. The smallest absolute Gasteiger partial charge is 0.231 e. The molecule has 0 radical (unpaired) electrons. The first-order chi connectivity index (χ1) is 10.1. The third-order valence-electron chi connectivity index (χ3n) is 3.22. The van der Waals surface area contributed by atoms with Crippen molar-refractivity contribution < 1.29 is 4.79 Å². The molecule has 0 aromatic heterocycles. The van der Waals surface area contributed by atoms with Crippen LogP contribution in [0.15, 0.2) is 53.0 Å². The molecule has 110 valence electrons. The Bertz CT molecular complexity index is 628. The summed E-state index contributed by atoms with van der Waals surface area (Å²) in [5, 5.41) is 0. The van der Waals surface area contributed by atoms with Crippen LogP contribution in [0.2, 0.25) is 0 Å². The highest BCUT2D eigenvalue weighted by molar-refractivity contribution is 9.10. The van der Waals surface area contributed by atoms with E-state index in [9.17, 15) is 4.79 Å². The summed E-state index contributed by atoms with van der Waals surface area (Å²) in [4.78, 5) is 14.4. The zero-order valence-electron chi connectivity index (χ0n) is 12.1. The predicted octanol–water partition coefficient (Wildman–Crippen LogP) is 4.02. The molecule has 0 aliphatic heterocycles. The van der Waals surface area contributed by atoms with E-state index in [1.54, 1.807) is 4.90 Å². The van der Waals surface area contributed by atoms with E-state index in [0.29, 0.717) is 18.7 Å². The minimum absolute atomic E-state index is 0.0628. The number of amides is 1. The molecule has 0 saturated carbocycles. The molecule has 2 rings (SSSR count). The van der Waals surface area contributed by atoms with Crippen LogP contribution in [0.25, 0.3) is 0 Å². The van der Waals surface area contributed by atoms with Gasteiger partial charge in [0.05, 0.1) is 17.8 Å². The minimum Gasteiger partial charge on any atom is -0.397 e. The molecular formula is C17H19BrN2O. The Morgan fingerprint density at radius 2 is 1.95 bits per heavy atom. The van der Waals surface area contributed by atoms with Crippen molar-refractivity contribution in [3.05, 3.63) is 58.6 Å². The van der Waals surface area contributed by atoms with E-state index in [0.717, 1.165) is 22.1 Å². The minimum atomic E-state index is 0.0628. The van der Waals surface area contributed by atoms with Crippen molar-refractivity contribution in [2.45, 2.75) is 19.8 Å². The Balaban J connectivity index is 2.22. The Morgan fingerprint density at radius 1 is 1.19 bits per heavy atom. The Hall–Kier alpha value is -1.81. The van der Waals surface area contributed by atoms with Crippen LogP contribution in [0.3, 0.4) is 0 Å². The van der Waals surface area contributed by atoms with Crippen LogP contribution in [0.4, 0.5) is 11.4 Å². The second-order valence-electron chi connectivity index (χ2n) is 4.91. The molecule has 0 unspecified atom stereocenters. The molecule has 21 heavy (non-hydrogen) atoms. The standard InChI is InChI=1S/C17H19BrN2O/c1-2-10-20(16-9-4-3-8-15(16)19)17(21)12-13-6-5-7-14(18)11-13/h3-9,11H,2,10,12,19H2,1H3. The number of para-hydroxylation sites is 2. The second-order valence-corrected chi connectivity index (χ2v) is 5.83. The molecule has 2 aromatic carbocycles. The van der Waals surface area contributed by atoms with Gasteiger partial charge in [-0.3, -0.25) is 4.79 Å². The molecule has 0 saturated heterocycles. The van der Waals surface area contributed by atoms with E-state index < -0.39 is 0 Å². The quantitative estimate of drug-likeness (QED) is 0.831. The number of benzene rings is 2. The third-order valence-corrected chi connectivity index (χ3v) is 3.71. The number of anilines is 2. The van der Waals surface area contributed by atoms with Crippen LogP contribution in [0.5, 0.6) is 0 Å². The van der Waals surface area contributed by atoms with Gasteiger partial charge in [0.1, 0.15) is 0 Å². The summed E-state index contributed by atoms with van der Waals surface area (Å²) in [7, 11) is 0. The number of rotatable bonds is 5. The van der Waals surface area contributed by atoms with E-state index in [4.69, 9.17) is 5.73 Å². The monoisotopic (exact) mass is 346 g/mol. The van der Waals surface area contributed by atoms with Crippen molar-refractivity contribution in [2.24, 2.45) is 0 Å². The summed E-state index contributed by atoms with van der Waals surface area (Å²) in [6.07, 6.45) is 1.26. The Kier molecular flexibility index (Phi) is 5.39. The van der Waals surface area contributed by atoms with Gasteiger partial charge in [0.2, 0.25) is 5.91 Å². The molecule has 0 spiro atoms. The first kappa shape index (κ1) is 15.6. The molecular weight excluding hydrogens is 328 g/mol. The summed E-state index contributed by atoms with van der Waals surface area (Å²) in [6.45, 7) is 2.72. The molecule has 4 heteroatoms. The van der Waals surface area contributed by atoms with E-state index in [-0.39, 0.29) is 5.91 Å². The summed E-state index contributed by atoms with van der Waals surface area (Å²) in [5.41, 5.74) is 8.42. The lowest BCUT2D eigenvalue weighted by Gasteiger charge is -2.24. The predicted molar refractivity (Wildman–Crippen MR) is 91.3 cm³/mol. The zero-order chi connectivity index (χ0) is 15.2. The normalized spacial score (nSPS) is 10.4. The van der Waals surface area contributed by atoms with Gasteiger partial charge in [0.15, 0.2) is 0 Å². The van der Waals surface area contributed by atoms with Gasteiger partial charge < -0.3 is 10.6 Å². The number of nitrogens with zero attached hydrogens (tertiary/aromatic N) is 1. The van der Waals surface area contributed by atoms with E-state index in [1.807, 2.05) is 48.5 Å². The van der Waals surface area contributed by atoms with Crippen LogP contribution < -0.4 is 10.6 Å². The Morgan fingerprint density at radius 3 is 2.62 bits per heavy atom. The number of nitrogen functional groups attached to an aromatic ring is 1. The molecule has 2 N–H and O–H groups in total. The highest BCUT2D eigenvalue weighted by atomic mass is 79.9. The van der Waals surface area contributed by atoms with Gasteiger partial charge in [0.25, 0.3) is 0 Å². The van der Waals surface area contributed by atoms with Gasteiger partial charge in [-0.1, -0.05) is 47.1 Å². The average molecular weight is 347 g/mol. The summed E-state index contributed by atoms with van der Waals surface area (Å²) < 4.78 is 0.981. The Labute approximate surface area is 133 Å². The molecule has 0 fully saturated rings. The highest BCUT2D eigenvalue weighted by Gasteiger charge is 2.17. The second kappa shape index (κ2) is 7.27. The first-order valence-electron chi connectivity index (χ1n) is 7.01. The van der Waals surface area contributed by atoms with Gasteiger partial charge in [-0.05, 0) is 36.2 Å². The van der Waals surface area contributed by atoms with Crippen molar-refractivity contribution >= 4 is 33.2 Å². The average Bonchev–Trinajstić information content (AvgIpc) is 2.45. The number of halogens is 1. The number of carbonyl (C=O) groups excluding carboxylic acids is 1. The lowest BCUT2D eigenvalue weighted by atomic mass is 10.1. The van der Waals surface area contributed by atoms with Gasteiger partial charge in [-0.2, -0.15) is 0 Å². The molecule has 0 bridgehead atoms. The van der Waals surface area contributed by atoms with E-state index in [2.05, 4.69) is 22.9 Å². The highest BCUT2D eigenvalue weighted by Crippen LogP contribution is 2.24. The van der Waals surface area contributed by atoms with Crippen LogP contribution in [0, 0.1) is 0 Å². The van der Waals surface area contributed by atoms with Crippen molar-refractivity contribution in [3.8, 4) is 0 Å². The molecule has 2 aromatic rings. The number of hydrogen-bond acceptors (Lipinski definition) is 2. The molecule has 0 heterocycles. The van der Waals surface area contributed by atoms with Crippen molar-refractivity contribution in [1.82, 2.24) is 0 Å². The molecule has 0 aliphatic rings. The van der Waals surface area contributed by atoms with Crippen LogP contribution >= 0.6 is 15.9 Å². The van der Waals surface area contributed by atoms with Gasteiger partial charge in [0, 0.05) is 11.0 Å². The van der Waals surface area contributed by atoms with Crippen molar-refractivity contribution in [1.29, 1.82) is 0 Å². The zero-order valence-corrected chi connectivity index (χ0v) is 13.6. The largest absolute Gasteiger partial charge is 0.397 e. The van der Waals surface area contributed by atoms with E-state index in [1.165, 1.54) is 0 Å². The molecule has 0 atom stereocenters. The lowest BCUT2D eigenvalue weighted by molar-refractivity contribution is -0.118. The molecule has 1 amide bonds.